The van der Waals surface area contributed by atoms with Gasteiger partial charge in [-0.1, -0.05) is 34.1 Å². The number of hydrogen-bond acceptors (Lipinski definition) is 2. The maximum Gasteiger partial charge on any atom is 0.223 e. The number of nitrogens with zero attached hydrogens (tertiary/aromatic N) is 1. The Hall–Kier alpha value is -0.870. The number of benzene rings is 1. The van der Waals surface area contributed by atoms with E-state index in [4.69, 9.17) is 0 Å². The van der Waals surface area contributed by atoms with Crippen molar-refractivity contribution in [3.05, 3.63) is 34.3 Å². The molecule has 0 spiro atoms. The van der Waals surface area contributed by atoms with Crippen molar-refractivity contribution in [2.45, 2.75) is 18.3 Å². The number of likely N-dealkylation sites (N-methyl/N-ethyl adjacent to an activating group) is 1. The SMILES string of the molecule is CNCC1(c2ccccc2Br)CCN(C)C(=O)C1. The molecule has 1 atom stereocenters. The van der Waals surface area contributed by atoms with Crippen molar-refractivity contribution in [1.29, 1.82) is 0 Å². The number of piperidine rings is 1. The zero-order valence-corrected chi connectivity index (χ0v) is 12.5. The second kappa shape index (κ2) is 5.41. The molecule has 98 valence electrons. The van der Waals surface area contributed by atoms with Crippen LogP contribution in [0.15, 0.2) is 28.7 Å². The molecular weight excluding hydrogens is 292 g/mol. The first-order valence-electron chi connectivity index (χ1n) is 6.23. The average Bonchev–Trinajstić information content (AvgIpc) is 2.35. The summed E-state index contributed by atoms with van der Waals surface area (Å²) in [6.45, 7) is 1.65. The summed E-state index contributed by atoms with van der Waals surface area (Å²) in [4.78, 5) is 13.9. The summed E-state index contributed by atoms with van der Waals surface area (Å²) < 4.78 is 1.10. The van der Waals surface area contributed by atoms with Crippen LogP contribution < -0.4 is 5.32 Å². The highest BCUT2D eigenvalue weighted by molar-refractivity contribution is 9.10. The van der Waals surface area contributed by atoms with Gasteiger partial charge in [0.1, 0.15) is 0 Å². The van der Waals surface area contributed by atoms with E-state index in [1.165, 1.54) is 5.56 Å². The van der Waals surface area contributed by atoms with Crippen LogP contribution in [-0.2, 0) is 10.2 Å². The van der Waals surface area contributed by atoms with E-state index < -0.39 is 0 Å². The molecule has 0 bridgehead atoms. The molecule has 1 amide bonds. The fourth-order valence-electron chi connectivity index (χ4n) is 2.72. The molecule has 3 nitrogen and oxygen atoms in total. The van der Waals surface area contributed by atoms with Gasteiger partial charge in [-0.3, -0.25) is 4.79 Å². The van der Waals surface area contributed by atoms with Crippen LogP contribution in [0.2, 0.25) is 0 Å². The number of nitrogens with one attached hydrogen (secondary N) is 1. The highest BCUT2D eigenvalue weighted by atomic mass is 79.9. The lowest BCUT2D eigenvalue weighted by Crippen LogP contribution is -2.49. The second-order valence-corrected chi connectivity index (χ2v) is 5.89. The summed E-state index contributed by atoms with van der Waals surface area (Å²) in [7, 11) is 3.83. The zero-order chi connectivity index (χ0) is 13.2. The van der Waals surface area contributed by atoms with Crippen LogP contribution in [0.5, 0.6) is 0 Å². The second-order valence-electron chi connectivity index (χ2n) is 5.03. The Morgan fingerprint density at radius 3 is 2.78 bits per heavy atom. The average molecular weight is 311 g/mol. The van der Waals surface area contributed by atoms with E-state index in [0.29, 0.717) is 6.42 Å². The van der Waals surface area contributed by atoms with E-state index in [2.05, 4.69) is 33.4 Å². The van der Waals surface area contributed by atoms with Gasteiger partial charge in [-0.25, -0.2) is 0 Å². The fraction of sp³-hybridized carbons (Fsp3) is 0.500. The van der Waals surface area contributed by atoms with Gasteiger partial charge >= 0.3 is 0 Å². The number of hydrogen-bond donors (Lipinski definition) is 1. The van der Waals surface area contributed by atoms with Crippen molar-refractivity contribution in [3.8, 4) is 0 Å². The molecular formula is C14H19BrN2O. The Balaban J connectivity index is 2.39. The molecule has 0 radical (unpaired) electrons. The first kappa shape index (κ1) is 13.6. The molecule has 1 fully saturated rings. The lowest BCUT2D eigenvalue weighted by molar-refractivity contribution is -0.134. The Morgan fingerprint density at radius 1 is 1.44 bits per heavy atom. The predicted molar refractivity (Wildman–Crippen MR) is 76.6 cm³/mol. The van der Waals surface area contributed by atoms with E-state index in [9.17, 15) is 4.79 Å². The lowest BCUT2D eigenvalue weighted by Gasteiger charge is -2.41. The molecule has 1 N–H and O–H groups in total. The van der Waals surface area contributed by atoms with Crippen LogP contribution in [0.4, 0.5) is 0 Å². The Labute approximate surface area is 117 Å². The molecule has 18 heavy (non-hydrogen) atoms. The van der Waals surface area contributed by atoms with E-state index in [-0.39, 0.29) is 11.3 Å². The lowest BCUT2D eigenvalue weighted by atomic mass is 9.72. The summed E-state index contributed by atoms with van der Waals surface area (Å²) in [6.07, 6.45) is 1.58. The third-order valence-corrected chi connectivity index (χ3v) is 4.49. The quantitative estimate of drug-likeness (QED) is 0.928. The standard InChI is InChI=1S/C14H19BrN2O/c1-16-10-14(7-8-17(2)13(18)9-14)11-5-3-4-6-12(11)15/h3-6,16H,7-10H2,1-2H3. The van der Waals surface area contributed by atoms with Crippen LogP contribution in [0.3, 0.4) is 0 Å². The summed E-state index contributed by atoms with van der Waals surface area (Å²) in [5, 5.41) is 3.25. The number of carbonyl (C=O) groups is 1. The molecule has 1 unspecified atom stereocenters. The van der Waals surface area contributed by atoms with Crippen LogP contribution in [0.25, 0.3) is 0 Å². The third-order valence-electron chi connectivity index (χ3n) is 3.80. The van der Waals surface area contributed by atoms with Gasteiger partial charge in [-0.15, -0.1) is 0 Å². The van der Waals surface area contributed by atoms with E-state index in [1.54, 1.807) is 0 Å². The Kier molecular flexibility index (Phi) is 4.07. The van der Waals surface area contributed by atoms with E-state index in [0.717, 1.165) is 24.0 Å². The van der Waals surface area contributed by atoms with Crippen molar-refractivity contribution < 1.29 is 4.79 Å². The van der Waals surface area contributed by atoms with Crippen molar-refractivity contribution in [3.63, 3.8) is 0 Å². The molecule has 2 rings (SSSR count). The molecule has 1 saturated heterocycles. The normalized spacial score (nSPS) is 24.4. The van der Waals surface area contributed by atoms with Gasteiger partial charge in [0, 0.05) is 36.4 Å². The number of likely N-dealkylation sites (tertiary alicyclic amines) is 1. The molecule has 0 saturated carbocycles. The van der Waals surface area contributed by atoms with Gasteiger partial charge in [0.25, 0.3) is 0 Å². The van der Waals surface area contributed by atoms with Gasteiger partial charge in [0.2, 0.25) is 5.91 Å². The van der Waals surface area contributed by atoms with Gasteiger partial charge in [0.15, 0.2) is 0 Å². The predicted octanol–water partition coefficient (Wildman–Crippen LogP) is 2.16. The van der Waals surface area contributed by atoms with Gasteiger partial charge in [-0.2, -0.15) is 0 Å². The molecule has 1 aromatic carbocycles. The summed E-state index contributed by atoms with van der Waals surface area (Å²) in [5.74, 6) is 0.229. The number of rotatable bonds is 3. The van der Waals surface area contributed by atoms with Gasteiger partial charge in [0.05, 0.1) is 0 Å². The Bertz CT molecular complexity index is 449. The highest BCUT2D eigenvalue weighted by Gasteiger charge is 2.39. The molecule has 1 aromatic rings. The molecule has 1 aliphatic heterocycles. The highest BCUT2D eigenvalue weighted by Crippen LogP contribution is 2.38. The van der Waals surface area contributed by atoms with Crippen molar-refractivity contribution in [1.82, 2.24) is 10.2 Å². The third kappa shape index (κ3) is 2.45. The first-order valence-corrected chi connectivity index (χ1v) is 7.02. The van der Waals surface area contributed by atoms with Crippen LogP contribution in [0, 0.1) is 0 Å². The summed E-state index contributed by atoms with van der Waals surface area (Å²) in [6, 6.07) is 8.23. The zero-order valence-electron chi connectivity index (χ0n) is 10.9. The monoisotopic (exact) mass is 310 g/mol. The van der Waals surface area contributed by atoms with E-state index >= 15 is 0 Å². The summed E-state index contributed by atoms with van der Waals surface area (Å²) >= 11 is 3.62. The number of halogens is 1. The molecule has 4 heteroatoms. The smallest absolute Gasteiger partial charge is 0.223 e. The number of amides is 1. The van der Waals surface area contributed by atoms with E-state index in [1.807, 2.05) is 31.1 Å². The molecule has 0 aliphatic carbocycles. The van der Waals surface area contributed by atoms with Crippen LogP contribution in [-0.4, -0.2) is 38.0 Å². The van der Waals surface area contributed by atoms with Crippen LogP contribution in [0.1, 0.15) is 18.4 Å². The maximum atomic E-state index is 12.1. The largest absolute Gasteiger partial charge is 0.346 e. The minimum absolute atomic E-state index is 0.0849. The maximum absolute atomic E-state index is 12.1. The number of carbonyl (C=O) groups excluding carboxylic acids is 1. The van der Waals surface area contributed by atoms with Gasteiger partial charge in [-0.05, 0) is 25.1 Å². The van der Waals surface area contributed by atoms with Crippen molar-refractivity contribution >= 4 is 21.8 Å². The van der Waals surface area contributed by atoms with Crippen LogP contribution >= 0.6 is 15.9 Å². The molecule has 1 aliphatic rings. The fourth-order valence-corrected chi connectivity index (χ4v) is 3.43. The van der Waals surface area contributed by atoms with Gasteiger partial charge < -0.3 is 10.2 Å². The Morgan fingerprint density at radius 2 is 2.17 bits per heavy atom. The molecule has 1 heterocycles. The van der Waals surface area contributed by atoms with Crippen molar-refractivity contribution in [2.75, 3.05) is 27.2 Å². The minimum atomic E-state index is -0.0849. The minimum Gasteiger partial charge on any atom is -0.346 e. The first-order chi connectivity index (χ1) is 8.59. The molecule has 0 aromatic heterocycles. The topological polar surface area (TPSA) is 32.3 Å². The van der Waals surface area contributed by atoms with Crippen molar-refractivity contribution in [2.24, 2.45) is 0 Å². The summed E-state index contributed by atoms with van der Waals surface area (Å²) in [5.41, 5.74) is 1.15.